The van der Waals surface area contributed by atoms with Crippen LogP contribution in [0.25, 0.3) is 0 Å². The second-order valence-corrected chi connectivity index (χ2v) is 5.55. The smallest absolute Gasteiger partial charge is 0.321 e. The van der Waals surface area contributed by atoms with Gasteiger partial charge < -0.3 is 5.32 Å². The van der Waals surface area contributed by atoms with Crippen molar-refractivity contribution in [3.63, 3.8) is 0 Å². The highest BCUT2D eigenvalue weighted by atomic mass is 35.5. The van der Waals surface area contributed by atoms with E-state index in [-0.39, 0.29) is 18.0 Å². The highest BCUT2D eigenvalue weighted by molar-refractivity contribution is 6.30. The van der Waals surface area contributed by atoms with Gasteiger partial charge in [0.1, 0.15) is 0 Å². The third-order valence-corrected chi connectivity index (χ3v) is 4.02. The molecule has 0 aromatic heterocycles. The number of nitrogens with one attached hydrogen (secondary N) is 2. The van der Waals surface area contributed by atoms with Crippen molar-refractivity contribution in [3.05, 3.63) is 34.9 Å². The first-order chi connectivity index (χ1) is 10.0. The zero-order valence-corrected chi connectivity index (χ0v) is 13.0. The molecule has 114 valence electrons. The number of imide groups is 1. The van der Waals surface area contributed by atoms with Crippen molar-refractivity contribution in [2.75, 3.05) is 13.1 Å². The van der Waals surface area contributed by atoms with Gasteiger partial charge in [-0.1, -0.05) is 23.7 Å². The van der Waals surface area contributed by atoms with Crippen molar-refractivity contribution in [3.8, 4) is 0 Å². The molecule has 0 bridgehead atoms. The third-order valence-electron chi connectivity index (χ3n) is 3.77. The average molecular weight is 310 g/mol. The lowest BCUT2D eigenvalue weighted by molar-refractivity contribution is -0.128. The van der Waals surface area contributed by atoms with E-state index in [0.717, 1.165) is 18.5 Å². The van der Waals surface area contributed by atoms with E-state index < -0.39 is 6.03 Å². The van der Waals surface area contributed by atoms with E-state index in [4.69, 9.17) is 11.6 Å². The Bertz CT molecular complexity index is 518. The fraction of sp³-hybridized carbons (Fsp3) is 0.467. The summed E-state index contributed by atoms with van der Waals surface area (Å²) in [5.74, 6) is -0.278. The molecule has 1 aromatic carbocycles. The van der Waals surface area contributed by atoms with Crippen molar-refractivity contribution < 1.29 is 9.59 Å². The fourth-order valence-electron chi connectivity index (χ4n) is 2.49. The van der Waals surface area contributed by atoms with Gasteiger partial charge in [-0.3, -0.25) is 15.0 Å². The summed E-state index contributed by atoms with van der Waals surface area (Å²) in [7, 11) is 0. The van der Waals surface area contributed by atoms with Crippen LogP contribution < -0.4 is 10.6 Å². The van der Waals surface area contributed by atoms with Crippen LogP contribution in [0, 0.1) is 0 Å². The molecule has 0 unspecified atom stereocenters. The van der Waals surface area contributed by atoms with E-state index in [1.54, 1.807) is 6.92 Å². The van der Waals surface area contributed by atoms with Gasteiger partial charge in [0, 0.05) is 24.2 Å². The van der Waals surface area contributed by atoms with E-state index >= 15 is 0 Å². The van der Waals surface area contributed by atoms with Crippen LogP contribution in [0.4, 0.5) is 4.79 Å². The SMILES string of the molecule is CCNC(=O)NC(=O)[C@H](C)N1CC[C@@H]1c1ccc(Cl)cc1. The van der Waals surface area contributed by atoms with Gasteiger partial charge in [0.25, 0.3) is 0 Å². The van der Waals surface area contributed by atoms with Gasteiger partial charge in [-0.2, -0.15) is 0 Å². The fourth-order valence-corrected chi connectivity index (χ4v) is 2.61. The molecule has 0 spiro atoms. The molecule has 1 aromatic rings. The number of hydrogen-bond donors (Lipinski definition) is 2. The summed E-state index contributed by atoms with van der Waals surface area (Å²) in [6.45, 7) is 4.96. The molecule has 2 atom stereocenters. The molecule has 1 aliphatic rings. The number of urea groups is 1. The number of likely N-dealkylation sites (tertiary alicyclic amines) is 1. The minimum Gasteiger partial charge on any atom is -0.338 e. The maximum Gasteiger partial charge on any atom is 0.321 e. The molecule has 21 heavy (non-hydrogen) atoms. The van der Waals surface area contributed by atoms with Crippen molar-refractivity contribution in [2.45, 2.75) is 32.4 Å². The molecule has 0 radical (unpaired) electrons. The molecule has 6 heteroatoms. The van der Waals surface area contributed by atoms with Gasteiger partial charge in [-0.25, -0.2) is 4.79 Å². The lowest BCUT2D eigenvalue weighted by Gasteiger charge is -2.44. The maximum absolute atomic E-state index is 12.1. The number of halogens is 1. The lowest BCUT2D eigenvalue weighted by Crippen LogP contribution is -2.54. The standard InChI is InChI=1S/C15H20ClN3O2/c1-3-17-15(21)18-14(20)10(2)19-9-8-13(19)11-4-6-12(16)7-5-11/h4-7,10,13H,3,8-9H2,1-2H3,(H2,17,18,20,21)/t10-,13+/m0/s1. The molecule has 1 aliphatic heterocycles. The van der Waals surface area contributed by atoms with Crippen molar-refractivity contribution in [2.24, 2.45) is 0 Å². The highest BCUT2D eigenvalue weighted by Gasteiger charge is 2.36. The van der Waals surface area contributed by atoms with Crippen molar-refractivity contribution in [1.82, 2.24) is 15.5 Å². The number of nitrogens with zero attached hydrogens (tertiary/aromatic N) is 1. The van der Waals surface area contributed by atoms with E-state index in [0.29, 0.717) is 11.6 Å². The highest BCUT2D eigenvalue weighted by Crippen LogP contribution is 2.35. The van der Waals surface area contributed by atoms with E-state index in [2.05, 4.69) is 15.5 Å². The Balaban J connectivity index is 1.96. The first-order valence-corrected chi connectivity index (χ1v) is 7.50. The van der Waals surface area contributed by atoms with E-state index in [9.17, 15) is 9.59 Å². The first kappa shape index (κ1) is 15.8. The second-order valence-electron chi connectivity index (χ2n) is 5.12. The molecule has 0 aliphatic carbocycles. The molecule has 2 rings (SSSR count). The van der Waals surface area contributed by atoms with E-state index in [1.807, 2.05) is 31.2 Å². The largest absolute Gasteiger partial charge is 0.338 e. The summed E-state index contributed by atoms with van der Waals surface area (Å²) in [4.78, 5) is 25.5. The van der Waals surface area contributed by atoms with Crippen LogP contribution in [0.5, 0.6) is 0 Å². The van der Waals surface area contributed by atoms with Crippen LogP contribution >= 0.6 is 11.6 Å². The molecular weight excluding hydrogens is 290 g/mol. The van der Waals surface area contributed by atoms with Crippen LogP contribution in [0.1, 0.15) is 31.9 Å². The molecular formula is C15H20ClN3O2. The molecule has 3 amide bonds. The number of carbonyl (C=O) groups excluding carboxylic acids is 2. The predicted octanol–water partition coefficient (Wildman–Crippen LogP) is 2.32. The van der Waals surface area contributed by atoms with Gasteiger partial charge in [-0.15, -0.1) is 0 Å². The number of hydrogen-bond acceptors (Lipinski definition) is 3. The minimum absolute atomic E-state index is 0.206. The van der Waals surface area contributed by atoms with Crippen LogP contribution in [0.3, 0.4) is 0 Å². The topological polar surface area (TPSA) is 61.4 Å². The summed E-state index contributed by atoms with van der Waals surface area (Å²) in [6.07, 6.45) is 1.00. The molecule has 0 saturated carbocycles. The van der Waals surface area contributed by atoms with Crippen LogP contribution in [-0.4, -0.2) is 36.0 Å². The van der Waals surface area contributed by atoms with Gasteiger partial charge in [0.2, 0.25) is 5.91 Å². The predicted molar refractivity (Wildman–Crippen MR) is 82.2 cm³/mol. The van der Waals surface area contributed by atoms with Crippen molar-refractivity contribution in [1.29, 1.82) is 0 Å². The lowest BCUT2D eigenvalue weighted by atomic mass is 9.92. The zero-order chi connectivity index (χ0) is 15.4. The first-order valence-electron chi connectivity index (χ1n) is 7.12. The summed E-state index contributed by atoms with van der Waals surface area (Å²) in [6, 6.07) is 7.08. The molecule has 1 fully saturated rings. The third kappa shape index (κ3) is 3.74. The summed E-state index contributed by atoms with van der Waals surface area (Å²) >= 11 is 5.89. The summed E-state index contributed by atoms with van der Waals surface area (Å²) in [5.41, 5.74) is 1.14. The monoisotopic (exact) mass is 309 g/mol. The molecule has 5 nitrogen and oxygen atoms in total. The number of benzene rings is 1. The van der Waals surface area contributed by atoms with Gasteiger partial charge in [-0.05, 0) is 38.0 Å². The van der Waals surface area contributed by atoms with E-state index in [1.165, 1.54) is 0 Å². The van der Waals surface area contributed by atoms with Crippen molar-refractivity contribution >= 4 is 23.5 Å². The Morgan fingerprint density at radius 3 is 2.57 bits per heavy atom. The summed E-state index contributed by atoms with van der Waals surface area (Å²) in [5, 5.41) is 5.61. The zero-order valence-electron chi connectivity index (χ0n) is 12.2. The quantitative estimate of drug-likeness (QED) is 0.897. The van der Waals surface area contributed by atoms with Gasteiger partial charge in [0.05, 0.1) is 6.04 Å². The van der Waals surface area contributed by atoms with Gasteiger partial charge in [0.15, 0.2) is 0 Å². The molecule has 1 saturated heterocycles. The molecule has 1 heterocycles. The normalized spacial score (nSPS) is 19.5. The van der Waals surface area contributed by atoms with Gasteiger partial charge >= 0.3 is 6.03 Å². The van der Waals surface area contributed by atoms with Crippen LogP contribution in [-0.2, 0) is 4.79 Å². The Hall–Kier alpha value is -1.59. The molecule has 2 N–H and O–H groups in total. The minimum atomic E-state index is -0.446. The Morgan fingerprint density at radius 2 is 2.05 bits per heavy atom. The Morgan fingerprint density at radius 1 is 1.38 bits per heavy atom. The average Bonchev–Trinajstić information content (AvgIpc) is 2.40. The Labute approximate surface area is 129 Å². The maximum atomic E-state index is 12.1. The van der Waals surface area contributed by atoms with Crippen LogP contribution in [0.15, 0.2) is 24.3 Å². The van der Waals surface area contributed by atoms with Crippen LogP contribution in [0.2, 0.25) is 5.02 Å². The summed E-state index contributed by atoms with van der Waals surface area (Å²) < 4.78 is 0. The number of carbonyl (C=O) groups is 2. The second kappa shape index (κ2) is 6.91. The number of rotatable bonds is 4. The Kier molecular flexibility index (Phi) is 5.20. The number of amides is 3.